The van der Waals surface area contributed by atoms with E-state index in [2.05, 4.69) is 40.5 Å². The average molecular weight is 459 g/mol. The summed E-state index contributed by atoms with van der Waals surface area (Å²) in [5.74, 6) is 2.08. The van der Waals surface area contributed by atoms with Crippen molar-refractivity contribution in [3.63, 3.8) is 0 Å². The molecule has 0 atom stereocenters. The molecule has 5 aromatic rings. The van der Waals surface area contributed by atoms with E-state index in [1.54, 1.807) is 18.5 Å². The van der Waals surface area contributed by atoms with Crippen LogP contribution in [0.4, 0.5) is 11.6 Å². The van der Waals surface area contributed by atoms with Gasteiger partial charge in [-0.05, 0) is 42.0 Å². The van der Waals surface area contributed by atoms with Crippen molar-refractivity contribution in [2.45, 2.75) is 13.1 Å². The van der Waals surface area contributed by atoms with Crippen LogP contribution in [-0.4, -0.2) is 29.9 Å². The second kappa shape index (κ2) is 9.49. The van der Waals surface area contributed by atoms with Gasteiger partial charge in [-0.25, -0.2) is 24.9 Å². The van der Waals surface area contributed by atoms with Crippen molar-refractivity contribution in [2.75, 3.05) is 10.6 Å². The van der Waals surface area contributed by atoms with Crippen LogP contribution in [-0.2, 0) is 13.1 Å². The summed E-state index contributed by atoms with van der Waals surface area (Å²) in [6, 6.07) is 15.7. The molecule has 3 heterocycles. The van der Waals surface area contributed by atoms with E-state index in [9.17, 15) is 0 Å². The highest BCUT2D eigenvalue weighted by Crippen LogP contribution is 2.21. The first kappa shape index (κ1) is 20.7. The second-order valence-corrected chi connectivity index (χ2v) is 7.56. The molecule has 0 radical (unpaired) electrons. The lowest BCUT2D eigenvalue weighted by molar-refractivity contribution is 0.441. The van der Waals surface area contributed by atoms with Crippen molar-refractivity contribution in [2.24, 2.45) is 0 Å². The maximum absolute atomic E-state index is 5.79. The Kier molecular flexibility index (Phi) is 5.94. The third kappa shape index (κ3) is 5.34. The Labute approximate surface area is 194 Å². The molecule has 3 N–H and O–H groups in total. The number of H-pyrrole nitrogens is 1. The van der Waals surface area contributed by atoms with E-state index in [-0.39, 0.29) is 6.01 Å². The van der Waals surface area contributed by atoms with Crippen LogP contribution in [0.2, 0.25) is 5.02 Å². The molecule has 0 spiro atoms. The number of hydrogen-bond acceptors (Lipinski definition) is 8. The Hall–Kier alpha value is -4.24. The Morgan fingerprint density at radius 2 is 1.67 bits per heavy atom. The largest absolute Gasteiger partial charge is 0.424 e. The zero-order valence-electron chi connectivity index (χ0n) is 17.4. The summed E-state index contributed by atoms with van der Waals surface area (Å²) in [6.07, 6.45) is 6.45. The molecule has 0 fully saturated rings. The quantitative estimate of drug-likeness (QED) is 0.303. The Bertz CT molecular complexity index is 1340. The van der Waals surface area contributed by atoms with Crippen LogP contribution >= 0.6 is 11.6 Å². The predicted molar refractivity (Wildman–Crippen MR) is 126 cm³/mol. The van der Waals surface area contributed by atoms with Crippen LogP contribution in [0.5, 0.6) is 11.8 Å². The molecule has 0 aliphatic carbocycles. The SMILES string of the molecule is Clc1cnc(Oc2ccc(CNc3nc4ccc(NCc5ncccn5)cc4[nH]3)cc2)nc1. The molecule has 0 aliphatic rings. The van der Waals surface area contributed by atoms with Crippen LogP contribution < -0.4 is 15.4 Å². The van der Waals surface area contributed by atoms with Crippen molar-refractivity contribution in [1.82, 2.24) is 29.9 Å². The van der Waals surface area contributed by atoms with E-state index in [1.165, 1.54) is 12.4 Å². The van der Waals surface area contributed by atoms with Gasteiger partial charge in [-0.15, -0.1) is 0 Å². The second-order valence-electron chi connectivity index (χ2n) is 7.12. The normalized spacial score (nSPS) is 10.8. The number of aromatic amines is 1. The molecule has 0 saturated carbocycles. The summed E-state index contributed by atoms with van der Waals surface area (Å²) in [4.78, 5) is 24.4. The Balaban J connectivity index is 1.18. The van der Waals surface area contributed by atoms with Crippen LogP contribution in [0.1, 0.15) is 11.4 Å². The minimum absolute atomic E-state index is 0.248. The van der Waals surface area contributed by atoms with Crippen molar-refractivity contribution in [3.8, 4) is 11.8 Å². The first-order valence-electron chi connectivity index (χ1n) is 10.2. The molecule has 9 nitrogen and oxygen atoms in total. The number of nitrogens with one attached hydrogen (secondary N) is 3. The van der Waals surface area contributed by atoms with Gasteiger partial charge in [0.15, 0.2) is 0 Å². The fourth-order valence-corrected chi connectivity index (χ4v) is 3.22. The summed E-state index contributed by atoms with van der Waals surface area (Å²) < 4.78 is 5.62. The molecule has 33 heavy (non-hydrogen) atoms. The number of halogens is 1. The van der Waals surface area contributed by atoms with Gasteiger partial charge in [0.1, 0.15) is 11.6 Å². The number of ether oxygens (including phenoxy) is 1. The van der Waals surface area contributed by atoms with Gasteiger partial charge in [-0.1, -0.05) is 23.7 Å². The molecule has 0 saturated heterocycles. The molecule has 0 amide bonds. The lowest BCUT2D eigenvalue weighted by Gasteiger charge is -2.06. The van der Waals surface area contributed by atoms with Gasteiger partial charge < -0.3 is 20.4 Å². The molecular weight excluding hydrogens is 440 g/mol. The molecule has 2 aromatic carbocycles. The Morgan fingerprint density at radius 3 is 2.45 bits per heavy atom. The van der Waals surface area contributed by atoms with Crippen LogP contribution in [0, 0.1) is 0 Å². The lowest BCUT2D eigenvalue weighted by Crippen LogP contribution is -2.03. The topological polar surface area (TPSA) is 114 Å². The van der Waals surface area contributed by atoms with Gasteiger partial charge in [0.05, 0.1) is 35.0 Å². The third-order valence-corrected chi connectivity index (χ3v) is 4.94. The fourth-order valence-electron chi connectivity index (χ4n) is 3.13. The maximum atomic E-state index is 5.79. The summed E-state index contributed by atoms with van der Waals surface area (Å²) in [5, 5.41) is 7.10. The minimum Gasteiger partial charge on any atom is -0.424 e. The number of rotatable bonds is 8. The maximum Gasteiger partial charge on any atom is 0.321 e. The number of fused-ring (bicyclic) bond motifs is 1. The monoisotopic (exact) mass is 458 g/mol. The van der Waals surface area contributed by atoms with Gasteiger partial charge in [-0.3, -0.25) is 0 Å². The number of aromatic nitrogens is 6. The number of anilines is 2. The van der Waals surface area contributed by atoms with E-state index in [1.807, 2.05) is 42.5 Å². The fraction of sp³-hybridized carbons (Fsp3) is 0.0870. The minimum atomic E-state index is 0.248. The van der Waals surface area contributed by atoms with E-state index in [0.29, 0.717) is 29.8 Å². The summed E-state index contributed by atoms with van der Waals surface area (Å²) in [7, 11) is 0. The van der Waals surface area contributed by atoms with Crippen LogP contribution in [0.25, 0.3) is 11.0 Å². The molecule has 0 bridgehead atoms. The van der Waals surface area contributed by atoms with Gasteiger partial charge in [0.2, 0.25) is 5.95 Å². The highest BCUT2D eigenvalue weighted by molar-refractivity contribution is 6.30. The van der Waals surface area contributed by atoms with E-state index in [0.717, 1.165) is 28.1 Å². The first-order chi connectivity index (χ1) is 16.2. The van der Waals surface area contributed by atoms with E-state index < -0.39 is 0 Å². The standard InChI is InChI=1S/C23H19ClN8O/c24-16-12-29-23(30-13-16)33-18-5-2-15(3-6-18)11-28-22-31-19-7-4-17(10-20(19)32-22)27-14-21-25-8-1-9-26-21/h1-10,12-13,27H,11,14H2,(H2,28,31,32). The molecule has 3 aromatic heterocycles. The van der Waals surface area contributed by atoms with Crippen LogP contribution in [0.3, 0.4) is 0 Å². The van der Waals surface area contributed by atoms with Gasteiger partial charge in [0.25, 0.3) is 0 Å². The highest BCUT2D eigenvalue weighted by atomic mass is 35.5. The zero-order chi connectivity index (χ0) is 22.5. The molecule has 5 rings (SSSR count). The van der Waals surface area contributed by atoms with Crippen molar-refractivity contribution >= 4 is 34.3 Å². The van der Waals surface area contributed by atoms with Crippen LogP contribution in [0.15, 0.2) is 73.3 Å². The number of benzene rings is 2. The zero-order valence-corrected chi connectivity index (χ0v) is 18.1. The number of hydrogen-bond donors (Lipinski definition) is 3. The smallest absolute Gasteiger partial charge is 0.321 e. The molecule has 0 aliphatic heterocycles. The van der Waals surface area contributed by atoms with E-state index >= 15 is 0 Å². The molecular formula is C23H19ClN8O. The molecule has 0 unspecified atom stereocenters. The van der Waals surface area contributed by atoms with Crippen molar-refractivity contribution < 1.29 is 4.74 Å². The number of nitrogens with zero attached hydrogens (tertiary/aromatic N) is 5. The summed E-state index contributed by atoms with van der Waals surface area (Å²) in [6.45, 7) is 1.16. The summed E-state index contributed by atoms with van der Waals surface area (Å²) >= 11 is 5.79. The van der Waals surface area contributed by atoms with Gasteiger partial charge in [-0.2, -0.15) is 0 Å². The van der Waals surface area contributed by atoms with Gasteiger partial charge >= 0.3 is 6.01 Å². The Morgan fingerprint density at radius 1 is 0.879 bits per heavy atom. The van der Waals surface area contributed by atoms with E-state index in [4.69, 9.17) is 16.3 Å². The first-order valence-corrected chi connectivity index (χ1v) is 10.6. The summed E-state index contributed by atoms with van der Waals surface area (Å²) in [5.41, 5.74) is 3.85. The highest BCUT2D eigenvalue weighted by Gasteiger charge is 2.05. The average Bonchev–Trinajstić information content (AvgIpc) is 3.27. The number of imidazole rings is 1. The van der Waals surface area contributed by atoms with Crippen molar-refractivity contribution in [1.29, 1.82) is 0 Å². The molecule has 164 valence electrons. The predicted octanol–water partition coefficient (Wildman–Crippen LogP) is 4.81. The van der Waals surface area contributed by atoms with Gasteiger partial charge in [0, 0.05) is 24.6 Å². The third-order valence-electron chi connectivity index (χ3n) is 4.74. The lowest BCUT2D eigenvalue weighted by atomic mass is 10.2. The molecule has 10 heteroatoms. The van der Waals surface area contributed by atoms with Crippen molar-refractivity contribution in [3.05, 3.63) is 89.7 Å².